The first-order chi connectivity index (χ1) is 12.2. The fourth-order valence-corrected chi connectivity index (χ4v) is 4.59. The zero-order chi connectivity index (χ0) is 17.8. The molecule has 7 heteroatoms. The second kappa shape index (κ2) is 7.82. The number of nitrogens with zero attached hydrogens (tertiary/aromatic N) is 2. The second-order valence-corrected chi connectivity index (χ2v) is 7.28. The number of nitrogens with one attached hydrogen (secondary N) is 2. The van der Waals surface area contributed by atoms with E-state index >= 15 is 0 Å². The predicted octanol–water partition coefficient (Wildman–Crippen LogP) is 3.16. The van der Waals surface area contributed by atoms with Crippen LogP contribution in [0.4, 0.5) is 5.00 Å². The highest BCUT2D eigenvalue weighted by Crippen LogP contribution is 2.38. The Hall–Kier alpha value is -2.15. The molecule has 0 unspecified atom stereocenters. The Balaban J connectivity index is 1.89. The summed E-state index contributed by atoms with van der Waals surface area (Å²) in [6, 6.07) is 1.43. The molecule has 1 aliphatic carbocycles. The van der Waals surface area contributed by atoms with Crippen LogP contribution < -0.4 is 10.6 Å². The van der Waals surface area contributed by atoms with E-state index < -0.39 is 0 Å². The maximum absolute atomic E-state index is 12.8. The first-order valence-corrected chi connectivity index (χ1v) is 9.70. The number of carbonyl (C=O) groups excluding carboxylic acids is 2. The van der Waals surface area contributed by atoms with E-state index in [9.17, 15) is 9.59 Å². The molecule has 0 aromatic carbocycles. The van der Waals surface area contributed by atoms with Crippen molar-refractivity contribution < 1.29 is 9.59 Å². The average Bonchev–Trinajstić information content (AvgIpc) is 3.23. The SMILES string of the molecule is CCNC(=O)c1c(NC(=O)[C@H](CC)n2cccn2)sc2c1CCCC2. The van der Waals surface area contributed by atoms with E-state index in [0.717, 1.165) is 31.2 Å². The summed E-state index contributed by atoms with van der Waals surface area (Å²) in [5.41, 5.74) is 1.77. The zero-order valence-corrected chi connectivity index (χ0v) is 15.5. The first kappa shape index (κ1) is 17.7. The Bertz CT molecular complexity index is 751. The molecule has 6 nitrogen and oxygen atoms in total. The lowest BCUT2D eigenvalue weighted by Crippen LogP contribution is -2.28. The standard InChI is InChI=1S/C18H24N4O2S/c1-3-13(22-11-7-10-20-22)16(23)21-18-15(17(24)19-4-2)12-8-5-6-9-14(12)25-18/h7,10-11,13H,3-6,8-9H2,1-2H3,(H,19,24)(H,21,23)/t13-/m0/s1. The highest BCUT2D eigenvalue weighted by Gasteiger charge is 2.28. The lowest BCUT2D eigenvalue weighted by atomic mass is 9.95. The molecule has 2 heterocycles. The molecule has 1 aliphatic rings. The van der Waals surface area contributed by atoms with Gasteiger partial charge in [0.1, 0.15) is 11.0 Å². The van der Waals surface area contributed by atoms with Gasteiger partial charge in [0.2, 0.25) is 5.91 Å². The minimum absolute atomic E-state index is 0.0932. The molecule has 2 aromatic heterocycles. The number of hydrogen-bond acceptors (Lipinski definition) is 4. The highest BCUT2D eigenvalue weighted by molar-refractivity contribution is 7.17. The van der Waals surface area contributed by atoms with Gasteiger partial charge in [-0.3, -0.25) is 14.3 Å². The molecular formula is C18H24N4O2S. The third kappa shape index (κ3) is 3.61. The molecule has 0 aliphatic heterocycles. The number of aromatic nitrogens is 2. The van der Waals surface area contributed by atoms with E-state index in [-0.39, 0.29) is 17.9 Å². The molecule has 0 bridgehead atoms. The highest BCUT2D eigenvalue weighted by atomic mass is 32.1. The first-order valence-electron chi connectivity index (χ1n) is 8.88. The molecular weight excluding hydrogens is 336 g/mol. The van der Waals surface area contributed by atoms with Gasteiger partial charge in [-0.2, -0.15) is 5.10 Å². The van der Waals surface area contributed by atoms with Crippen molar-refractivity contribution in [1.82, 2.24) is 15.1 Å². The van der Waals surface area contributed by atoms with Crippen molar-refractivity contribution in [2.24, 2.45) is 0 Å². The van der Waals surface area contributed by atoms with Crippen LogP contribution in [-0.2, 0) is 17.6 Å². The summed E-state index contributed by atoms with van der Waals surface area (Å²) < 4.78 is 1.66. The molecule has 134 valence electrons. The van der Waals surface area contributed by atoms with Gasteiger partial charge in [0.15, 0.2) is 0 Å². The van der Waals surface area contributed by atoms with Crippen molar-refractivity contribution in [3.05, 3.63) is 34.5 Å². The molecule has 0 spiro atoms. The third-order valence-corrected chi connectivity index (χ3v) is 5.71. The topological polar surface area (TPSA) is 76.0 Å². The van der Waals surface area contributed by atoms with Crippen molar-refractivity contribution in [3.63, 3.8) is 0 Å². The molecule has 25 heavy (non-hydrogen) atoms. The van der Waals surface area contributed by atoms with Crippen LogP contribution in [0.1, 0.15) is 60.0 Å². The number of fused-ring (bicyclic) bond motifs is 1. The van der Waals surface area contributed by atoms with Crippen LogP contribution in [0, 0.1) is 0 Å². The zero-order valence-electron chi connectivity index (χ0n) is 14.7. The van der Waals surface area contributed by atoms with Gasteiger partial charge in [-0.15, -0.1) is 11.3 Å². The summed E-state index contributed by atoms with van der Waals surface area (Å²) in [7, 11) is 0. The fraction of sp³-hybridized carbons (Fsp3) is 0.500. The van der Waals surface area contributed by atoms with Crippen molar-refractivity contribution in [2.75, 3.05) is 11.9 Å². The third-order valence-electron chi connectivity index (χ3n) is 4.51. The number of aryl methyl sites for hydroxylation is 1. The second-order valence-electron chi connectivity index (χ2n) is 6.17. The van der Waals surface area contributed by atoms with Gasteiger partial charge in [0, 0.05) is 23.8 Å². The summed E-state index contributed by atoms with van der Waals surface area (Å²) in [4.78, 5) is 26.6. The van der Waals surface area contributed by atoms with E-state index in [1.165, 1.54) is 4.88 Å². The van der Waals surface area contributed by atoms with E-state index in [2.05, 4.69) is 15.7 Å². The smallest absolute Gasteiger partial charge is 0.254 e. The molecule has 1 atom stereocenters. The van der Waals surface area contributed by atoms with Gasteiger partial charge in [-0.05, 0) is 50.7 Å². The van der Waals surface area contributed by atoms with Crippen LogP contribution in [0.3, 0.4) is 0 Å². The summed E-state index contributed by atoms with van der Waals surface area (Å²) in [6.07, 6.45) is 8.21. The van der Waals surface area contributed by atoms with E-state index in [4.69, 9.17) is 0 Å². The van der Waals surface area contributed by atoms with Crippen LogP contribution in [0.25, 0.3) is 0 Å². The van der Waals surface area contributed by atoms with Gasteiger partial charge < -0.3 is 10.6 Å². The van der Waals surface area contributed by atoms with E-state index in [1.54, 1.807) is 34.5 Å². The molecule has 2 N–H and O–H groups in total. The molecule has 2 amide bonds. The van der Waals surface area contributed by atoms with E-state index in [0.29, 0.717) is 23.5 Å². The minimum atomic E-state index is -0.379. The number of rotatable bonds is 6. The number of hydrogen-bond donors (Lipinski definition) is 2. The Labute approximate surface area is 151 Å². The monoisotopic (exact) mass is 360 g/mol. The average molecular weight is 360 g/mol. The van der Waals surface area contributed by atoms with Gasteiger partial charge in [0.25, 0.3) is 5.91 Å². The van der Waals surface area contributed by atoms with Gasteiger partial charge >= 0.3 is 0 Å². The number of thiophene rings is 1. The molecule has 0 radical (unpaired) electrons. The molecule has 0 saturated heterocycles. The Morgan fingerprint density at radius 3 is 2.80 bits per heavy atom. The summed E-state index contributed by atoms with van der Waals surface area (Å²) in [5.74, 6) is -0.223. The van der Waals surface area contributed by atoms with Crippen LogP contribution in [0.2, 0.25) is 0 Å². The number of carbonyl (C=O) groups is 2. The molecule has 0 saturated carbocycles. The van der Waals surface area contributed by atoms with Crippen molar-refractivity contribution >= 4 is 28.2 Å². The van der Waals surface area contributed by atoms with E-state index in [1.807, 2.05) is 13.8 Å². The molecule has 3 rings (SSSR count). The Morgan fingerprint density at radius 2 is 2.12 bits per heavy atom. The Morgan fingerprint density at radius 1 is 1.32 bits per heavy atom. The lowest BCUT2D eigenvalue weighted by molar-refractivity contribution is -0.119. The van der Waals surface area contributed by atoms with Crippen LogP contribution >= 0.6 is 11.3 Å². The maximum Gasteiger partial charge on any atom is 0.254 e. The van der Waals surface area contributed by atoms with Crippen LogP contribution in [0.5, 0.6) is 0 Å². The number of anilines is 1. The maximum atomic E-state index is 12.8. The van der Waals surface area contributed by atoms with Crippen LogP contribution in [-0.4, -0.2) is 28.1 Å². The summed E-state index contributed by atoms with van der Waals surface area (Å²) >= 11 is 1.55. The van der Waals surface area contributed by atoms with Crippen molar-refractivity contribution in [3.8, 4) is 0 Å². The quantitative estimate of drug-likeness (QED) is 0.831. The van der Waals surface area contributed by atoms with Gasteiger partial charge in [0.05, 0.1) is 5.56 Å². The summed E-state index contributed by atoms with van der Waals surface area (Å²) in [6.45, 7) is 4.43. The summed E-state index contributed by atoms with van der Waals surface area (Å²) in [5, 5.41) is 10.7. The normalized spacial score (nSPS) is 14.6. The lowest BCUT2D eigenvalue weighted by Gasteiger charge is -2.16. The largest absolute Gasteiger partial charge is 0.352 e. The number of amides is 2. The Kier molecular flexibility index (Phi) is 5.53. The van der Waals surface area contributed by atoms with Crippen LogP contribution in [0.15, 0.2) is 18.5 Å². The molecule has 0 fully saturated rings. The van der Waals surface area contributed by atoms with Crippen molar-refractivity contribution in [2.45, 2.75) is 52.0 Å². The van der Waals surface area contributed by atoms with Crippen molar-refractivity contribution in [1.29, 1.82) is 0 Å². The molecule has 2 aromatic rings. The fourth-order valence-electron chi connectivity index (χ4n) is 3.30. The van der Waals surface area contributed by atoms with Gasteiger partial charge in [-0.25, -0.2) is 0 Å². The van der Waals surface area contributed by atoms with Gasteiger partial charge in [-0.1, -0.05) is 6.92 Å². The minimum Gasteiger partial charge on any atom is -0.352 e. The predicted molar refractivity (Wildman–Crippen MR) is 99.2 cm³/mol.